The quantitative estimate of drug-likeness (QED) is 0.678. The summed E-state index contributed by atoms with van der Waals surface area (Å²) in [5, 5.41) is 1.16. The van der Waals surface area contributed by atoms with Crippen molar-refractivity contribution in [3.63, 3.8) is 0 Å². The first-order valence-corrected chi connectivity index (χ1v) is 8.65. The molecule has 1 nitrogen and oxygen atoms in total. The smallest absolute Gasteiger partial charge is 0.00338 e. The Hall–Kier alpha value is 0.440. The molecule has 0 amide bonds. The zero-order valence-electron chi connectivity index (χ0n) is 11.4. The van der Waals surface area contributed by atoms with Gasteiger partial charge in [0.05, 0.1) is 0 Å². The number of piperidine rings is 1. The third-order valence-corrected chi connectivity index (χ3v) is 5.58. The fraction of sp³-hybridized carbons (Fsp3) is 1.00. The Morgan fingerprint density at radius 1 is 1.06 bits per heavy atom. The summed E-state index contributed by atoms with van der Waals surface area (Å²) in [6.07, 6.45) is 11.8. The zero-order chi connectivity index (χ0) is 12.1. The number of hydrogen-bond acceptors (Lipinski definition) is 1. The molecule has 1 aliphatic heterocycles. The summed E-state index contributed by atoms with van der Waals surface area (Å²) in [6, 6.07) is 0. The van der Waals surface area contributed by atoms with Gasteiger partial charge in [-0.05, 0) is 69.5 Å². The van der Waals surface area contributed by atoms with Gasteiger partial charge in [0, 0.05) is 5.33 Å². The molecule has 0 N–H and O–H groups in total. The lowest BCUT2D eigenvalue weighted by molar-refractivity contribution is 0.104. The summed E-state index contributed by atoms with van der Waals surface area (Å²) in [5.74, 6) is 0.886. The van der Waals surface area contributed by atoms with Crippen LogP contribution in [0, 0.1) is 11.3 Å². The van der Waals surface area contributed by atoms with E-state index in [2.05, 4.69) is 27.8 Å². The molecule has 2 heteroatoms. The molecule has 0 aromatic heterocycles. The van der Waals surface area contributed by atoms with Gasteiger partial charge in [0.25, 0.3) is 0 Å². The van der Waals surface area contributed by atoms with E-state index in [0.717, 1.165) is 16.7 Å². The zero-order valence-corrected chi connectivity index (χ0v) is 13.0. The predicted octanol–water partition coefficient (Wildman–Crippen LogP) is 4.45. The molecule has 0 aromatic rings. The highest BCUT2D eigenvalue weighted by molar-refractivity contribution is 9.09. The van der Waals surface area contributed by atoms with Gasteiger partial charge in [-0.2, -0.15) is 0 Å². The standard InChI is InChI=1S/C15H28BrN/c1-14(4-10-16)5-11-17-12-8-15(9-13-17)6-2-3-7-15/h14H,2-13H2,1H3. The molecule has 1 aliphatic carbocycles. The van der Waals surface area contributed by atoms with E-state index in [9.17, 15) is 0 Å². The average molecular weight is 302 g/mol. The Labute approximate surface area is 115 Å². The number of hydrogen-bond donors (Lipinski definition) is 0. The Bertz CT molecular complexity index is 213. The van der Waals surface area contributed by atoms with Crippen molar-refractivity contribution >= 4 is 15.9 Å². The van der Waals surface area contributed by atoms with Crippen molar-refractivity contribution in [2.75, 3.05) is 25.0 Å². The second-order valence-electron chi connectivity index (χ2n) is 6.42. The van der Waals surface area contributed by atoms with E-state index in [-0.39, 0.29) is 0 Å². The lowest BCUT2D eigenvalue weighted by Crippen LogP contribution is -2.39. The van der Waals surface area contributed by atoms with Crippen LogP contribution in [0.5, 0.6) is 0 Å². The van der Waals surface area contributed by atoms with Gasteiger partial charge in [-0.25, -0.2) is 0 Å². The molecular weight excluding hydrogens is 274 g/mol. The first kappa shape index (κ1) is 13.9. The van der Waals surface area contributed by atoms with Crippen molar-refractivity contribution in [1.82, 2.24) is 4.90 Å². The highest BCUT2D eigenvalue weighted by Gasteiger charge is 2.36. The van der Waals surface area contributed by atoms with E-state index < -0.39 is 0 Å². The maximum atomic E-state index is 3.54. The maximum Gasteiger partial charge on any atom is 0.00338 e. The molecule has 2 aliphatic rings. The van der Waals surface area contributed by atoms with E-state index in [1.54, 1.807) is 0 Å². The Kier molecular flexibility index (Phi) is 5.35. The minimum absolute atomic E-state index is 0.790. The molecular formula is C15H28BrN. The van der Waals surface area contributed by atoms with Crippen LogP contribution >= 0.6 is 15.9 Å². The third-order valence-electron chi connectivity index (χ3n) is 5.12. The number of halogens is 1. The topological polar surface area (TPSA) is 3.24 Å². The molecule has 2 fully saturated rings. The molecule has 0 aromatic carbocycles. The Morgan fingerprint density at radius 2 is 1.71 bits per heavy atom. The molecule has 1 spiro atoms. The number of nitrogens with zero attached hydrogens (tertiary/aromatic N) is 1. The predicted molar refractivity (Wildman–Crippen MR) is 78.8 cm³/mol. The molecule has 17 heavy (non-hydrogen) atoms. The van der Waals surface area contributed by atoms with Crippen LogP contribution in [0.4, 0.5) is 0 Å². The lowest BCUT2D eigenvalue weighted by atomic mass is 9.77. The monoisotopic (exact) mass is 301 g/mol. The average Bonchev–Trinajstić information content (AvgIpc) is 2.78. The second-order valence-corrected chi connectivity index (χ2v) is 7.21. The van der Waals surface area contributed by atoms with Gasteiger partial charge in [-0.15, -0.1) is 0 Å². The van der Waals surface area contributed by atoms with Crippen LogP contribution in [-0.4, -0.2) is 29.9 Å². The molecule has 0 bridgehead atoms. The summed E-state index contributed by atoms with van der Waals surface area (Å²) in [7, 11) is 0. The van der Waals surface area contributed by atoms with Crippen molar-refractivity contribution in [2.45, 2.75) is 58.3 Å². The van der Waals surface area contributed by atoms with Gasteiger partial charge in [0.15, 0.2) is 0 Å². The maximum absolute atomic E-state index is 3.54. The summed E-state index contributed by atoms with van der Waals surface area (Å²) in [4.78, 5) is 2.72. The fourth-order valence-corrected chi connectivity index (χ4v) is 4.39. The second kappa shape index (κ2) is 6.56. The van der Waals surface area contributed by atoms with Gasteiger partial charge in [0.1, 0.15) is 0 Å². The van der Waals surface area contributed by atoms with E-state index in [1.807, 2.05) is 0 Å². The van der Waals surface area contributed by atoms with Crippen LogP contribution in [0.25, 0.3) is 0 Å². The van der Waals surface area contributed by atoms with E-state index >= 15 is 0 Å². The SMILES string of the molecule is CC(CCBr)CCN1CCC2(CCCC2)CC1. The highest BCUT2D eigenvalue weighted by atomic mass is 79.9. The summed E-state index contributed by atoms with van der Waals surface area (Å²) in [5.41, 5.74) is 0.790. The van der Waals surface area contributed by atoms with E-state index in [0.29, 0.717) is 0 Å². The normalized spacial score (nSPS) is 26.5. The summed E-state index contributed by atoms with van der Waals surface area (Å²) in [6.45, 7) is 6.48. The van der Waals surface area contributed by atoms with Crippen LogP contribution in [0.3, 0.4) is 0 Å². The van der Waals surface area contributed by atoms with Crippen molar-refractivity contribution in [3.8, 4) is 0 Å². The van der Waals surface area contributed by atoms with E-state index in [1.165, 1.54) is 71.0 Å². The number of rotatable bonds is 5. The van der Waals surface area contributed by atoms with Crippen LogP contribution < -0.4 is 0 Å². The Balaban J connectivity index is 1.65. The van der Waals surface area contributed by atoms with Gasteiger partial charge >= 0.3 is 0 Å². The van der Waals surface area contributed by atoms with Crippen molar-refractivity contribution < 1.29 is 0 Å². The van der Waals surface area contributed by atoms with E-state index in [4.69, 9.17) is 0 Å². The minimum atomic E-state index is 0.790. The van der Waals surface area contributed by atoms with Crippen molar-refractivity contribution in [2.24, 2.45) is 11.3 Å². The van der Waals surface area contributed by atoms with Crippen LogP contribution in [0.15, 0.2) is 0 Å². The lowest BCUT2D eigenvalue weighted by Gasteiger charge is -2.39. The number of likely N-dealkylation sites (tertiary alicyclic amines) is 1. The summed E-state index contributed by atoms with van der Waals surface area (Å²) < 4.78 is 0. The first-order chi connectivity index (χ1) is 8.24. The van der Waals surface area contributed by atoms with Crippen LogP contribution in [0.2, 0.25) is 0 Å². The molecule has 100 valence electrons. The number of alkyl halides is 1. The Morgan fingerprint density at radius 3 is 2.29 bits per heavy atom. The third kappa shape index (κ3) is 3.96. The first-order valence-electron chi connectivity index (χ1n) is 7.52. The van der Waals surface area contributed by atoms with Gasteiger partial charge in [0.2, 0.25) is 0 Å². The summed E-state index contributed by atoms with van der Waals surface area (Å²) >= 11 is 3.54. The van der Waals surface area contributed by atoms with Gasteiger partial charge in [-0.3, -0.25) is 0 Å². The fourth-order valence-electron chi connectivity index (χ4n) is 3.61. The van der Waals surface area contributed by atoms with Crippen LogP contribution in [-0.2, 0) is 0 Å². The molecule has 1 saturated heterocycles. The minimum Gasteiger partial charge on any atom is -0.303 e. The van der Waals surface area contributed by atoms with Crippen LogP contribution in [0.1, 0.15) is 58.3 Å². The molecule has 1 heterocycles. The van der Waals surface area contributed by atoms with Gasteiger partial charge < -0.3 is 4.90 Å². The van der Waals surface area contributed by atoms with Gasteiger partial charge in [-0.1, -0.05) is 35.7 Å². The molecule has 0 radical (unpaired) electrons. The molecule has 1 saturated carbocycles. The molecule has 1 unspecified atom stereocenters. The molecule has 1 atom stereocenters. The largest absolute Gasteiger partial charge is 0.303 e. The van der Waals surface area contributed by atoms with Crippen molar-refractivity contribution in [1.29, 1.82) is 0 Å². The molecule has 2 rings (SSSR count). The van der Waals surface area contributed by atoms with Crippen molar-refractivity contribution in [3.05, 3.63) is 0 Å². The highest BCUT2D eigenvalue weighted by Crippen LogP contribution is 2.46.